The highest BCUT2D eigenvalue weighted by molar-refractivity contribution is 5.89. The molecule has 1 amide bonds. The quantitative estimate of drug-likeness (QED) is 0.800. The lowest BCUT2D eigenvalue weighted by atomic mass is 10.2. The number of amides is 1. The maximum atomic E-state index is 11.5. The van der Waals surface area contributed by atoms with Crippen LogP contribution < -0.4 is 5.32 Å². The first kappa shape index (κ1) is 14.2. The molecular formula is C13H18N2O3. The lowest BCUT2D eigenvalue weighted by molar-refractivity contribution is -0.120. The summed E-state index contributed by atoms with van der Waals surface area (Å²) in [5.74, 6) is -0.482. The van der Waals surface area contributed by atoms with Crippen LogP contribution in [0.3, 0.4) is 0 Å². The number of rotatable bonds is 5. The van der Waals surface area contributed by atoms with Gasteiger partial charge in [0.05, 0.1) is 18.6 Å². The van der Waals surface area contributed by atoms with Crippen molar-refractivity contribution in [2.45, 2.75) is 33.2 Å². The van der Waals surface area contributed by atoms with Gasteiger partial charge in [-0.15, -0.1) is 0 Å². The largest absolute Gasteiger partial charge is 0.462 e. The van der Waals surface area contributed by atoms with E-state index in [9.17, 15) is 9.59 Å². The summed E-state index contributed by atoms with van der Waals surface area (Å²) in [6.07, 6.45) is 1.64. The van der Waals surface area contributed by atoms with E-state index in [4.69, 9.17) is 4.74 Å². The number of esters is 1. The SMILES string of the molecule is CCOC(=O)c1ccc(CC(=O)NC(C)C)nc1. The Hall–Kier alpha value is -1.91. The zero-order valence-corrected chi connectivity index (χ0v) is 10.9. The number of aromatic nitrogens is 1. The fourth-order valence-corrected chi connectivity index (χ4v) is 1.40. The van der Waals surface area contributed by atoms with Crippen LogP contribution in [0.1, 0.15) is 36.8 Å². The van der Waals surface area contributed by atoms with Gasteiger partial charge in [-0.25, -0.2) is 4.79 Å². The molecule has 0 aliphatic rings. The molecule has 0 unspecified atom stereocenters. The number of nitrogens with zero attached hydrogens (tertiary/aromatic N) is 1. The van der Waals surface area contributed by atoms with E-state index >= 15 is 0 Å². The summed E-state index contributed by atoms with van der Waals surface area (Å²) in [5, 5.41) is 2.78. The van der Waals surface area contributed by atoms with Crippen LogP contribution in [-0.2, 0) is 16.0 Å². The first-order valence-electron chi connectivity index (χ1n) is 5.94. The second-order valence-electron chi connectivity index (χ2n) is 4.16. The Morgan fingerprint density at radius 3 is 2.61 bits per heavy atom. The first-order chi connectivity index (χ1) is 8.52. The summed E-state index contributed by atoms with van der Waals surface area (Å²) in [4.78, 5) is 27.0. The lowest BCUT2D eigenvalue weighted by Gasteiger charge is -2.08. The van der Waals surface area contributed by atoms with Crippen molar-refractivity contribution in [3.05, 3.63) is 29.6 Å². The fourth-order valence-electron chi connectivity index (χ4n) is 1.40. The standard InChI is InChI=1S/C13H18N2O3/c1-4-18-13(17)10-5-6-11(14-8-10)7-12(16)15-9(2)3/h5-6,8-9H,4,7H2,1-3H3,(H,15,16). The number of pyridine rings is 1. The molecule has 1 aromatic rings. The number of carbonyl (C=O) groups excluding carboxylic acids is 2. The van der Waals surface area contributed by atoms with Gasteiger partial charge >= 0.3 is 5.97 Å². The third kappa shape index (κ3) is 4.53. The Bertz CT molecular complexity index is 413. The van der Waals surface area contributed by atoms with Crippen molar-refractivity contribution in [3.63, 3.8) is 0 Å². The average molecular weight is 250 g/mol. The molecule has 0 spiro atoms. The van der Waals surface area contributed by atoms with E-state index in [1.165, 1.54) is 6.20 Å². The second-order valence-corrected chi connectivity index (χ2v) is 4.16. The monoisotopic (exact) mass is 250 g/mol. The van der Waals surface area contributed by atoms with Crippen LogP contribution in [-0.4, -0.2) is 29.5 Å². The molecule has 0 aliphatic carbocycles. The normalized spacial score (nSPS) is 10.2. The van der Waals surface area contributed by atoms with Crippen molar-refractivity contribution in [2.75, 3.05) is 6.61 Å². The highest BCUT2D eigenvalue weighted by Gasteiger charge is 2.09. The Labute approximate surface area is 107 Å². The summed E-state index contributed by atoms with van der Waals surface area (Å²) in [6.45, 7) is 5.87. The van der Waals surface area contributed by atoms with Gasteiger partial charge in [0.1, 0.15) is 0 Å². The number of carbonyl (C=O) groups is 2. The Morgan fingerprint density at radius 2 is 2.11 bits per heavy atom. The van der Waals surface area contributed by atoms with Crippen LogP contribution in [0.2, 0.25) is 0 Å². The molecule has 5 heteroatoms. The zero-order chi connectivity index (χ0) is 13.5. The van der Waals surface area contributed by atoms with Crippen molar-refractivity contribution in [3.8, 4) is 0 Å². The van der Waals surface area contributed by atoms with Crippen LogP contribution >= 0.6 is 0 Å². The topological polar surface area (TPSA) is 68.3 Å². The third-order valence-corrected chi connectivity index (χ3v) is 2.13. The summed E-state index contributed by atoms with van der Waals surface area (Å²) < 4.78 is 4.84. The predicted octanol–water partition coefficient (Wildman–Crippen LogP) is 1.33. The minimum Gasteiger partial charge on any atom is -0.462 e. The van der Waals surface area contributed by atoms with Gasteiger partial charge in [0.15, 0.2) is 0 Å². The number of hydrogen-bond acceptors (Lipinski definition) is 4. The molecule has 0 aromatic carbocycles. The zero-order valence-electron chi connectivity index (χ0n) is 10.9. The third-order valence-electron chi connectivity index (χ3n) is 2.13. The summed E-state index contributed by atoms with van der Waals surface area (Å²) in [5.41, 5.74) is 1.02. The molecule has 98 valence electrons. The van der Waals surface area contributed by atoms with Gasteiger partial charge in [-0.1, -0.05) is 0 Å². The molecule has 5 nitrogen and oxygen atoms in total. The molecule has 0 bridgehead atoms. The Morgan fingerprint density at radius 1 is 1.39 bits per heavy atom. The van der Waals surface area contributed by atoms with E-state index in [1.807, 2.05) is 13.8 Å². The molecule has 0 saturated carbocycles. The van der Waals surface area contributed by atoms with Gasteiger partial charge in [-0.2, -0.15) is 0 Å². The highest BCUT2D eigenvalue weighted by Crippen LogP contribution is 2.03. The number of ether oxygens (including phenoxy) is 1. The van der Waals surface area contributed by atoms with Gasteiger partial charge in [-0.3, -0.25) is 9.78 Å². The lowest BCUT2D eigenvalue weighted by Crippen LogP contribution is -2.31. The molecule has 18 heavy (non-hydrogen) atoms. The van der Waals surface area contributed by atoms with Crippen LogP contribution in [0.5, 0.6) is 0 Å². The smallest absolute Gasteiger partial charge is 0.339 e. The van der Waals surface area contributed by atoms with Crippen molar-refractivity contribution in [2.24, 2.45) is 0 Å². The van der Waals surface area contributed by atoms with Crippen LogP contribution in [0.15, 0.2) is 18.3 Å². The van der Waals surface area contributed by atoms with Gasteiger partial charge in [-0.05, 0) is 32.9 Å². The van der Waals surface area contributed by atoms with E-state index in [1.54, 1.807) is 19.1 Å². The Kier molecular flexibility index (Phi) is 5.30. The van der Waals surface area contributed by atoms with Gasteiger partial charge < -0.3 is 10.1 Å². The van der Waals surface area contributed by atoms with Gasteiger partial charge in [0.2, 0.25) is 5.91 Å². The minimum atomic E-state index is -0.400. The molecule has 1 N–H and O–H groups in total. The van der Waals surface area contributed by atoms with E-state index in [0.29, 0.717) is 17.9 Å². The molecule has 1 aromatic heterocycles. The maximum absolute atomic E-state index is 11.5. The highest BCUT2D eigenvalue weighted by atomic mass is 16.5. The number of nitrogens with one attached hydrogen (secondary N) is 1. The van der Waals surface area contributed by atoms with Crippen molar-refractivity contribution in [1.82, 2.24) is 10.3 Å². The van der Waals surface area contributed by atoms with Gasteiger partial charge in [0, 0.05) is 17.9 Å². The summed E-state index contributed by atoms with van der Waals surface area (Å²) in [6, 6.07) is 3.38. The molecule has 1 heterocycles. The number of hydrogen-bond donors (Lipinski definition) is 1. The van der Waals surface area contributed by atoms with E-state index in [2.05, 4.69) is 10.3 Å². The van der Waals surface area contributed by atoms with Crippen molar-refractivity contribution in [1.29, 1.82) is 0 Å². The van der Waals surface area contributed by atoms with Crippen LogP contribution in [0.25, 0.3) is 0 Å². The molecule has 1 rings (SSSR count). The second kappa shape index (κ2) is 6.74. The van der Waals surface area contributed by atoms with E-state index in [0.717, 1.165) is 0 Å². The maximum Gasteiger partial charge on any atom is 0.339 e. The minimum absolute atomic E-state index is 0.0821. The molecular weight excluding hydrogens is 232 g/mol. The van der Waals surface area contributed by atoms with E-state index < -0.39 is 5.97 Å². The fraction of sp³-hybridized carbons (Fsp3) is 0.462. The van der Waals surface area contributed by atoms with Crippen LogP contribution in [0.4, 0.5) is 0 Å². The first-order valence-corrected chi connectivity index (χ1v) is 5.94. The molecule has 0 fully saturated rings. The Balaban J connectivity index is 2.60. The van der Waals surface area contributed by atoms with Crippen molar-refractivity contribution >= 4 is 11.9 Å². The predicted molar refractivity (Wildman–Crippen MR) is 67.2 cm³/mol. The molecule has 0 saturated heterocycles. The van der Waals surface area contributed by atoms with E-state index in [-0.39, 0.29) is 18.4 Å². The molecule has 0 atom stereocenters. The van der Waals surface area contributed by atoms with Gasteiger partial charge in [0.25, 0.3) is 0 Å². The molecule has 0 aliphatic heterocycles. The molecule has 0 radical (unpaired) electrons. The summed E-state index contributed by atoms with van der Waals surface area (Å²) in [7, 11) is 0. The average Bonchev–Trinajstić information content (AvgIpc) is 2.29. The van der Waals surface area contributed by atoms with Crippen LogP contribution in [0, 0.1) is 0 Å². The summed E-state index contributed by atoms with van der Waals surface area (Å²) >= 11 is 0. The van der Waals surface area contributed by atoms with Crippen molar-refractivity contribution < 1.29 is 14.3 Å².